The largest absolute Gasteiger partial charge is 0.496 e. The molecule has 0 aromatic heterocycles. The van der Waals surface area contributed by atoms with Crippen LogP contribution in [0.15, 0.2) is 24.3 Å². The van der Waals surface area contributed by atoms with Crippen LogP contribution in [0.1, 0.15) is 29.7 Å². The van der Waals surface area contributed by atoms with Gasteiger partial charge in [0.2, 0.25) is 0 Å². The molecule has 6 heteroatoms. The third-order valence-corrected chi connectivity index (χ3v) is 4.83. The van der Waals surface area contributed by atoms with E-state index in [1.54, 1.807) is 28.4 Å². The summed E-state index contributed by atoms with van der Waals surface area (Å²) in [5.74, 6) is 3.55. The van der Waals surface area contributed by atoms with Crippen LogP contribution in [-0.4, -0.2) is 41.6 Å². The van der Waals surface area contributed by atoms with Crippen LogP contribution in [0.3, 0.4) is 0 Å². The first kappa shape index (κ1) is 19.2. The maximum Gasteiger partial charge on any atom is 0.164 e. The Morgan fingerprint density at radius 3 is 2.00 bits per heavy atom. The van der Waals surface area contributed by atoms with Crippen LogP contribution in [0.25, 0.3) is 0 Å². The van der Waals surface area contributed by atoms with Crippen LogP contribution >= 0.6 is 0 Å². The zero-order chi connectivity index (χ0) is 19.4. The Labute approximate surface area is 160 Å². The number of benzene rings is 2. The number of hydrogen-bond acceptors (Lipinski definition) is 6. The molecule has 1 aliphatic heterocycles. The Morgan fingerprint density at radius 1 is 0.778 bits per heavy atom. The van der Waals surface area contributed by atoms with Gasteiger partial charge in [-0.2, -0.15) is 0 Å². The highest BCUT2D eigenvalue weighted by Gasteiger charge is 2.27. The Bertz CT molecular complexity index is 806. The zero-order valence-electron chi connectivity index (χ0n) is 16.5. The first-order chi connectivity index (χ1) is 13.2. The number of hydrogen-bond donors (Lipinski definition) is 1. The SMILES string of the molecule is CCOc1cc2c(cc1OC)CCNC2c1cc(OC)c(OC)cc1OC. The van der Waals surface area contributed by atoms with E-state index in [4.69, 9.17) is 23.7 Å². The molecule has 1 aliphatic rings. The molecule has 0 bridgehead atoms. The summed E-state index contributed by atoms with van der Waals surface area (Å²) in [7, 11) is 6.58. The first-order valence-corrected chi connectivity index (χ1v) is 9.03. The lowest BCUT2D eigenvalue weighted by Gasteiger charge is -2.30. The molecule has 6 nitrogen and oxygen atoms in total. The van der Waals surface area contributed by atoms with Crippen molar-refractivity contribution in [3.05, 3.63) is 41.0 Å². The summed E-state index contributed by atoms with van der Waals surface area (Å²) in [6, 6.07) is 7.91. The molecular weight excluding hydrogens is 346 g/mol. The predicted molar refractivity (Wildman–Crippen MR) is 104 cm³/mol. The van der Waals surface area contributed by atoms with E-state index in [0.29, 0.717) is 18.1 Å². The second-order valence-corrected chi connectivity index (χ2v) is 6.22. The van der Waals surface area contributed by atoms with Crippen molar-refractivity contribution in [2.75, 3.05) is 41.6 Å². The highest BCUT2D eigenvalue weighted by Crippen LogP contribution is 2.43. The molecule has 2 aromatic carbocycles. The second kappa shape index (κ2) is 8.39. The molecule has 146 valence electrons. The van der Waals surface area contributed by atoms with E-state index in [9.17, 15) is 0 Å². The van der Waals surface area contributed by atoms with Gasteiger partial charge in [0.25, 0.3) is 0 Å². The van der Waals surface area contributed by atoms with E-state index >= 15 is 0 Å². The van der Waals surface area contributed by atoms with Gasteiger partial charge in [0.1, 0.15) is 5.75 Å². The molecule has 0 spiro atoms. The summed E-state index contributed by atoms with van der Waals surface area (Å²) in [4.78, 5) is 0. The third-order valence-electron chi connectivity index (χ3n) is 4.83. The van der Waals surface area contributed by atoms with Crippen molar-refractivity contribution in [3.8, 4) is 28.7 Å². The summed E-state index contributed by atoms with van der Waals surface area (Å²) in [5.41, 5.74) is 3.37. The zero-order valence-corrected chi connectivity index (χ0v) is 16.5. The van der Waals surface area contributed by atoms with Crippen LogP contribution in [0.5, 0.6) is 28.7 Å². The van der Waals surface area contributed by atoms with Gasteiger partial charge in [0.05, 0.1) is 41.1 Å². The highest BCUT2D eigenvalue weighted by atomic mass is 16.5. The van der Waals surface area contributed by atoms with Crippen LogP contribution < -0.4 is 29.0 Å². The minimum absolute atomic E-state index is 0.0476. The number of ether oxygens (including phenoxy) is 5. The second-order valence-electron chi connectivity index (χ2n) is 6.22. The average Bonchev–Trinajstić information content (AvgIpc) is 2.72. The lowest BCUT2D eigenvalue weighted by molar-refractivity contribution is 0.309. The predicted octanol–water partition coefficient (Wildman–Crippen LogP) is 3.35. The summed E-state index contributed by atoms with van der Waals surface area (Å²) >= 11 is 0. The quantitative estimate of drug-likeness (QED) is 0.803. The fourth-order valence-electron chi connectivity index (χ4n) is 3.55. The maximum absolute atomic E-state index is 5.79. The molecule has 0 radical (unpaired) electrons. The topological polar surface area (TPSA) is 58.2 Å². The fourth-order valence-corrected chi connectivity index (χ4v) is 3.55. The van der Waals surface area contributed by atoms with Crippen LogP contribution in [-0.2, 0) is 6.42 Å². The van der Waals surface area contributed by atoms with Crippen LogP contribution in [0.2, 0.25) is 0 Å². The lowest BCUT2D eigenvalue weighted by atomic mass is 9.88. The number of fused-ring (bicyclic) bond motifs is 1. The summed E-state index contributed by atoms with van der Waals surface area (Å²) in [5, 5.41) is 3.59. The van der Waals surface area contributed by atoms with E-state index < -0.39 is 0 Å². The molecule has 0 saturated carbocycles. The molecule has 2 aromatic rings. The molecular formula is C21H27NO5. The number of rotatable bonds is 7. The minimum Gasteiger partial charge on any atom is -0.496 e. The van der Waals surface area contributed by atoms with Crippen molar-refractivity contribution in [3.63, 3.8) is 0 Å². The van der Waals surface area contributed by atoms with E-state index in [1.165, 1.54) is 5.56 Å². The smallest absolute Gasteiger partial charge is 0.164 e. The van der Waals surface area contributed by atoms with E-state index in [1.807, 2.05) is 19.1 Å². The summed E-state index contributed by atoms with van der Waals surface area (Å²) < 4.78 is 27.9. The summed E-state index contributed by atoms with van der Waals surface area (Å²) in [6.45, 7) is 3.39. The van der Waals surface area contributed by atoms with Crippen molar-refractivity contribution in [2.45, 2.75) is 19.4 Å². The fraction of sp³-hybridized carbons (Fsp3) is 0.429. The minimum atomic E-state index is -0.0476. The Hall–Kier alpha value is -2.60. The molecule has 1 unspecified atom stereocenters. The van der Waals surface area contributed by atoms with E-state index in [-0.39, 0.29) is 6.04 Å². The number of methoxy groups -OCH3 is 4. The van der Waals surface area contributed by atoms with Gasteiger partial charge in [-0.15, -0.1) is 0 Å². The highest BCUT2D eigenvalue weighted by molar-refractivity contribution is 5.57. The van der Waals surface area contributed by atoms with Crippen molar-refractivity contribution in [2.24, 2.45) is 0 Å². The van der Waals surface area contributed by atoms with E-state index in [0.717, 1.165) is 41.3 Å². The van der Waals surface area contributed by atoms with Gasteiger partial charge in [-0.1, -0.05) is 0 Å². The van der Waals surface area contributed by atoms with Crippen molar-refractivity contribution in [1.29, 1.82) is 0 Å². The monoisotopic (exact) mass is 373 g/mol. The third kappa shape index (κ3) is 3.62. The molecule has 1 N–H and O–H groups in total. The van der Waals surface area contributed by atoms with Gasteiger partial charge in [-0.3, -0.25) is 0 Å². The molecule has 3 rings (SSSR count). The maximum atomic E-state index is 5.79. The number of nitrogens with one attached hydrogen (secondary N) is 1. The molecule has 1 heterocycles. The molecule has 27 heavy (non-hydrogen) atoms. The molecule has 0 aliphatic carbocycles. The lowest BCUT2D eigenvalue weighted by Crippen LogP contribution is -2.31. The Balaban J connectivity index is 2.14. The molecule has 0 amide bonds. The first-order valence-electron chi connectivity index (χ1n) is 9.03. The van der Waals surface area contributed by atoms with Gasteiger partial charge in [-0.05, 0) is 42.7 Å². The molecule has 0 fully saturated rings. The normalized spacial score (nSPS) is 15.7. The summed E-state index contributed by atoms with van der Waals surface area (Å²) in [6.07, 6.45) is 0.921. The van der Waals surface area contributed by atoms with E-state index in [2.05, 4.69) is 17.4 Å². The Kier molecular flexibility index (Phi) is 5.96. The van der Waals surface area contributed by atoms with Gasteiger partial charge >= 0.3 is 0 Å². The van der Waals surface area contributed by atoms with Gasteiger partial charge in [-0.25, -0.2) is 0 Å². The van der Waals surface area contributed by atoms with Crippen LogP contribution in [0, 0.1) is 0 Å². The van der Waals surface area contributed by atoms with Crippen LogP contribution in [0.4, 0.5) is 0 Å². The molecule has 0 saturated heterocycles. The van der Waals surface area contributed by atoms with Crippen molar-refractivity contribution in [1.82, 2.24) is 5.32 Å². The van der Waals surface area contributed by atoms with Gasteiger partial charge < -0.3 is 29.0 Å². The van der Waals surface area contributed by atoms with Crippen molar-refractivity contribution >= 4 is 0 Å². The van der Waals surface area contributed by atoms with Gasteiger partial charge in [0, 0.05) is 18.2 Å². The average molecular weight is 373 g/mol. The molecule has 1 atom stereocenters. The Morgan fingerprint density at radius 2 is 1.37 bits per heavy atom. The van der Waals surface area contributed by atoms with Crippen molar-refractivity contribution < 1.29 is 23.7 Å². The standard InChI is InChI=1S/C21H27NO5/c1-6-27-20-10-14-13(9-17(20)24-3)7-8-22-21(14)15-11-18(25-4)19(26-5)12-16(15)23-2/h9-12,21-22H,6-8H2,1-5H3. The van der Waals surface area contributed by atoms with Gasteiger partial charge in [0.15, 0.2) is 23.0 Å².